The van der Waals surface area contributed by atoms with Crippen LogP contribution in [0.3, 0.4) is 0 Å². The molecule has 0 aromatic heterocycles. The Bertz CT molecular complexity index is 363. The number of nitrogens with one attached hydrogen (secondary N) is 2. The molecule has 17 heavy (non-hydrogen) atoms. The molecule has 1 aliphatic heterocycles. The molecular weight excluding hydrogens is 224 g/mol. The summed E-state index contributed by atoms with van der Waals surface area (Å²) < 4.78 is 0. The van der Waals surface area contributed by atoms with Crippen LogP contribution in [0.1, 0.15) is 19.3 Å². The van der Waals surface area contributed by atoms with E-state index in [1.807, 2.05) is 0 Å². The number of hydrazone groups is 1. The summed E-state index contributed by atoms with van der Waals surface area (Å²) in [4.78, 5) is 35.0. The molecule has 3 amide bonds. The monoisotopic (exact) mass is 240 g/mol. The highest BCUT2D eigenvalue weighted by Gasteiger charge is 2.17. The molecule has 0 aromatic carbocycles. The highest BCUT2D eigenvalue weighted by atomic mass is 16.2. The first-order chi connectivity index (χ1) is 8.00. The number of hydrogen-bond donors (Lipinski definition) is 2. The van der Waals surface area contributed by atoms with Gasteiger partial charge in [0.15, 0.2) is 0 Å². The van der Waals surface area contributed by atoms with Gasteiger partial charge in [-0.25, -0.2) is 5.43 Å². The van der Waals surface area contributed by atoms with E-state index >= 15 is 0 Å². The standard InChI is InChI=1S/C10H16N4O3/c1-14(2)9(16)5-6-11-10(17)7-3-4-8(15)13-12-7/h3-6H2,1-2H3,(H,11,17)(H,13,15). The summed E-state index contributed by atoms with van der Waals surface area (Å²) in [5, 5.41) is 6.24. The molecule has 7 heteroatoms. The van der Waals surface area contributed by atoms with E-state index in [1.54, 1.807) is 14.1 Å². The van der Waals surface area contributed by atoms with Gasteiger partial charge in [0, 0.05) is 39.9 Å². The summed E-state index contributed by atoms with van der Waals surface area (Å²) in [6.45, 7) is 0.267. The second kappa shape index (κ2) is 5.97. The van der Waals surface area contributed by atoms with E-state index in [-0.39, 0.29) is 37.1 Å². The Morgan fingerprint density at radius 1 is 1.41 bits per heavy atom. The molecule has 1 heterocycles. The van der Waals surface area contributed by atoms with Crippen molar-refractivity contribution in [3.8, 4) is 0 Å². The van der Waals surface area contributed by atoms with Crippen molar-refractivity contribution >= 4 is 23.4 Å². The average molecular weight is 240 g/mol. The van der Waals surface area contributed by atoms with Crippen LogP contribution in [0.5, 0.6) is 0 Å². The van der Waals surface area contributed by atoms with Gasteiger partial charge in [-0.15, -0.1) is 0 Å². The highest BCUT2D eigenvalue weighted by Crippen LogP contribution is 1.99. The Morgan fingerprint density at radius 3 is 2.65 bits per heavy atom. The molecule has 0 radical (unpaired) electrons. The maximum absolute atomic E-state index is 11.5. The molecule has 94 valence electrons. The second-order valence-corrected chi connectivity index (χ2v) is 3.89. The van der Waals surface area contributed by atoms with Gasteiger partial charge in [-0.1, -0.05) is 0 Å². The molecule has 0 saturated carbocycles. The van der Waals surface area contributed by atoms with Gasteiger partial charge >= 0.3 is 0 Å². The zero-order chi connectivity index (χ0) is 12.8. The third kappa shape index (κ3) is 4.21. The summed E-state index contributed by atoms with van der Waals surface area (Å²) >= 11 is 0. The van der Waals surface area contributed by atoms with Crippen molar-refractivity contribution in [1.29, 1.82) is 0 Å². The maximum atomic E-state index is 11.5. The van der Waals surface area contributed by atoms with E-state index in [9.17, 15) is 14.4 Å². The van der Waals surface area contributed by atoms with Gasteiger partial charge in [0.05, 0.1) is 0 Å². The smallest absolute Gasteiger partial charge is 0.267 e. The Kier molecular flexibility index (Phi) is 4.62. The van der Waals surface area contributed by atoms with Crippen LogP contribution >= 0.6 is 0 Å². The van der Waals surface area contributed by atoms with E-state index in [0.717, 1.165) is 0 Å². The SMILES string of the molecule is CN(C)C(=O)CCNC(=O)C1=NNC(=O)CC1. The van der Waals surface area contributed by atoms with Crippen LogP contribution in [0, 0.1) is 0 Å². The lowest BCUT2D eigenvalue weighted by atomic mass is 10.1. The quantitative estimate of drug-likeness (QED) is 0.650. The summed E-state index contributed by atoms with van der Waals surface area (Å²) in [5.41, 5.74) is 2.54. The molecule has 0 fully saturated rings. The van der Waals surface area contributed by atoms with E-state index in [0.29, 0.717) is 12.1 Å². The predicted molar refractivity (Wildman–Crippen MR) is 61.1 cm³/mol. The minimum atomic E-state index is -0.337. The van der Waals surface area contributed by atoms with Crippen molar-refractivity contribution in [2.45, 2.75) is 19.3 Å². The van der Waals surface area contributed by atoms with Crippen LogP contribution in [0.2, 0.25) is 0 Å². The Labute approximate surface area is 99.2 Å². The van der Waals surface area contributed by atoms with Gasteiger partial charge in [-0.2, -0.15) is 5.10 Å². The molecule has 7 nitrogen and oxygen atoms in total. The van der Waals surface area contributed by atoms with E-state index < -0.39 is 0 Å². The van der Waals surface area contributed by atoms with Crippen molar-refractivity contribution < 1.29 is 14.4 Å². The third-order valence-electron chi connectivity index (χ3n) is 2.29. The van der Waals surface area contributed by atoms with Gasteiger partial charge < -0.3 is 10.2 Å². The van der Waals surface area contributed by atoms with Crippen molar-refractivity contribution in [3.63, 3.8) is 0 Å². The van der Waals surface area contributed by atoms with Crippen molar-refractivity contribution in [2.75, 3.05) is 20.6 Å². The lowest BCUT2D eigenvalue weighted by molar-refractivity contribution is -0.128. The van der Waals surface area contributed by atoms with Crippen LogP contribution < -0.4 is 10.7 Å². The molecule has 1 aliphatic rings. The van der Waals surface area contributed by atoms with Crippen LogP contribution in [-0.4, -0.2) is 49.0 Å². The first kappa shape index (κ1) is 13.1. The molecule has 0 atom stereocenters. The normalized spacial score (nSPS) is 14.7. The topological polar surface area (TPSA) is 90.9 Å². The van der Waals surface area contributed by atoms with E-state index in [1.165, 1.54) is 4.90 Å². The number of amides is 3. The lowest BCUT2D eigenvalue weighted by Crippen LogP contribution is -2.38. The number of carbonyl (C=O) groups excluding carboxylic acids is 3. The average Bonchev–Trinajstić information content (AvgIpc) is 2.29. The minimum absolute atomic E-state index is 0.0517. The number of rotatable bonds is 4. The first-order valence-corrected chi connectivity index (χ1v) is 5.34. The number of hydrogen-bond acceptors (Lipinski definition) is 4. The van der Waals surface area contributed by atoms with Gasteiger partial charge in [-0.05, 0) is 0 Å². The highest BCUT2D eigenvalue weighted by molar-refractivity contribution is 6.39. The van der Waals surface area contributed by atoms with Crippen LogP contribution in [0.4, 0.5) is 0 Å². The first-order valence-electron chi connectivity index (χ1n) is 5.34. The summed E-state index contributed by atoms with van der Waals surface area (Å²) in [6.07, 6.45) is 0.848. The molecular formula is C10H16N4O3. The van der Waals surface area contributed by atoms with Crippen molar-refractivity contribution in [3.05, 3.63) is 0 Å². The number of nitrogens with zero attached hydrogens (tertiary/aromatic N) is 2. The van der Waals surface area contributed by atoms with Crippen molar-refractivity contribution in [1.82, 2.24) is 15.6 Å². The van der Waals surface area contributed by atoms with Gasteiger partial charge in [0.25, 0.3) is 5.91 Å². The van der Waals surface area contributed by atoms with Crippen LogP contribution in [0.15, 0.2) is 5.10 Å². The molecule has 2 N–H and O–H groups in total. The Balaban J connectivity index is 2.31. The van der Waals surface area contributed by atoms with Crippen LogP contribution in [0.25, 0.3) is 0 Å². The summed E-state index contributed by atoms with van der Waals surface area (Å²) in [5.74, 6) is -0.579. The zero-order valence-corrected chi connectivity index (χ0v) is 9.95. The minimum Gasteiger partial charge on any atom is -0.350 e. The molecule has 1 rings (SSSR count). The lowest BCUT2D eigenvalue weighted by Gasteiger charge is -2.13. The maximum Gasteiger partial charge on any atom is 0.267 e. The molecule has 0 aromatic rings. The number of carbonyl (C=O) groups is 3. The van der Waals surface area contributed by atoms with E-state index in [4.69, 9.17) is 0 Å². The fourth-order valence-corrected chi connectivity index (χ4v) is 1.25. The molecule has 0 spiro atoms. The van der Waals surface area contributed by atoms with Gasteiger partial charge in [0.2, 0.25) is 11.8 Å². The van der Waals surface area contributed by atoms with Gasteiger partial charge in [-0.3, -0.25) is 14.4 Å². The molecule has 0 bridgehead atoms. The predicted octanol–water partition coefficient (Wildman–Crippen LogP) is -1.15. The van der Waals surface area contributed by atoms with E-state index in [2.05, 4.69) is 15.8 Å². The van der Waals surface area contributed by atoms with Crippen LogP contribution in [-0.2, 0) is 14.4 Å². The molecule has 0 unspecified atom stereocenters. The van der Waals surface area contributed by atoms with Crippen molar-refractivity contribution in [2.24, 2.45) is 5.10 Å². The second-order valence-electron chi connectivity index (χ2n) is 3.89. The molecule has 0 saturated heterocycles. The zero-order valence-electron chi connectivity index (χ0n) is 9.95. The Hall–Kier alpha value is -1.92. The summed E-state index contributed by atoms with van der Waals surface area (Å²) in [7, 11) is 3.32. The van der Waals surface area contributed by atoms with Gasteiger partial charge in [0.1, 0.15) is 5.71 Å². The third-order valence-corrected chi connectivity index (χ3v) is 2.29. The summed E-state index contributed by atoms with van der Waals surface area (Å²) in [6, 6.07) is 0. The fourth-order valence-electron chi connectivity index (χ4n) is 1.25. The fraction of sp³-hybridized carbons (Fsp3) is 0.600. The largest absolute Gasteiger partial charge is 0.350 e. The molecule has 0 aliphatic carbocycles. The Morgan fingerprint density at radius 2 is 2.12 bits per heavy atom.